The molecule has 7 heteroatoms. The smallest absolute Gasteiger partial charge is 0.220 e. The molecule has 0 saturated carbocycles. The van der Waals surface area contributed by atoms with Crippen molar-refractivity contribution in [3.63, 3.8) is 0 Å². The van der Waals surface area contributed by atoms with Gasteiger partial charge in [0, 0.05) is 25.7 Å². The highest BCUT2D eigenvalue weighted by Gasteiger charge is 2.27. The van der Waals surface area contributed by atoms with Gasteiger partial charge < -0.3 is 4.74 Å². The first-order chi connectivity index (χ1) is 10.6. The molecule has 1 aliphatic rings. The Labute approximate surface area is 133 Å². The number of fused-ring (bicyclic) bond motifs is 1. The van der Waals surface area contributed by atoms with E-state index in [1.807, 2.05) is 31.0 Å². The first kappa shape index (κ1) is 14.8. The third-order valence-corrected chi connectivity index (χ3v) is 3.85. The summed E-state index contributed by atoms with van der Waals surface area (Å²) in [6, 6.07) is 7.83. The number of pyridine rings is 1. The maximum Gasteiger partial charge on any atom is 0.220 e. The van der Waals surface area contributed by atoms with Crippen molar-refractivity contribution in [2.24, 2.45) is 7.05 Å². The minimum Gasteiger partial charge on any atom is -0.466 e. The third kappa shape index (κ3) is 2.91. The molecule has 0 aromatic carbocycles. The minimum absolute atomic E-state index is 0.244. The van der Waals surface area contributed by atoms with Gasteiger partial charge in [0.2, 0.25) is 5.88 Å². The molecule has 0 radical (unpaired) electrons. The molecule has 0 amide bonds. The average molecular weight is 318 g/mol. The second kappa shape index (κ2) is 5.95. The van der Waals surface area contributed by atoms with Crippen LogP contribution < -0.4 is 4.74 Å². The van der Waals surface area contributed by atoms with Crippen molar-refractivity contribution in [3.8, 4) is 11.9 Å². The largest absolute Gasteiger partial charge is 0.466 e. The number of halogens is 1. The Morgan fingerprint density at radius 2 is 2.32 bits per heavy atom. The molecule has 0 aliphatic carbocycles. The molecule has 1 atom stereocenters. The molecule has 2 aromatic heterocycles. The van der Waals surface area contributed by atoms with E-state index in [2.05, 4.69) is 16.2 Å². The molecule has 3 rings (SSSR count). The first-order valence-electron chi connectivity index (χ1n) is 6.98. The minimum atomic E-state index is -0.244. The Kier molecular flexibility index (Phi) is 4.01. The van der Waals surface area contributed by atoms with Crippen LogP contribution in [0.1, 0.15) is 23.1 Å². The predicted molar refractivity (Wildman–Crippen MR) is 81.5 cm³/mol. The fraction of sp³-hybridized carbons (Fsp3) is 0.400. The zero-order chi connectivity index (χ0) is 15.7. The molecule has 1 unspecified atom stereocenters. The summed E-state index contributed by atoms with van der Waals surface area (Å²) in [4.78, 5) is 6.32. The van der Waals surface area contributed by atoms with Crippen LogP contribution in [0.4, 0.5) is 0 Å². The summed E-state index contributed by atoms with van der Waals surface area (Å²) in [5.74, 6) is 0.525. The van der Waals surface area contributed by atoms with Gasteiger partial charge in [0.25, 0.3) is 0 Å². The first-order valence-corrected chi connectivity index (χ1v) is 7.36. The molecule has 3 heterocycles. The van der Waals surface area contributed by atoms with Crippen LogP contribution in [0.2, 0.25) is 5.15 Å². The number of aromatic nitrogens is 3. The molecule has 1 aliphatic heterocycles. The van der Waals surface area contributed by atoms with E-state index >= 15 is 0 Å². The quantitative estimate of drug-likeness (QED) is 0.627. The zero-order valence-electron chi connectivity index (χ0n) is 12.5. The van der Waals surface area contributed by atoms with Crippen molar-refractivity contribution < 1.29 is 4.74 Å². The summed E-state index contributed by atoms with van der Waals surface area (Å²) in [5, 5.41) is 13.8. The Morgan fingerprint density at radius 1 is 1.50 bits per heavy atom. The van der Waals surface area contributed by atoms with Gasteiger partial charge in [-0.05, 0) is 25.1 Å². The number of hydrogen-bond donors (Lipinski definition) is 0. The summed E-state index contributed by atoms with van der Waals surface area (Å²) in [6.07, 6.45) is -0.244. The molecular formula is C15H16ClN5O. The van der Waals surface area contributed by atoms with Gasteiger partial charge >= 0.3 is 0 Å². The standard InChI is InChI=1S/C15H16ClN5O/c1-10-7-12(20(2)19-10)13-9-21(6-5-17)8-11-3-4-14(16)18-15(11)22-13/h3-4,7,13H,6,8-9H2,1-2H3. The van der Waals surface area contributed by atoms with E-state index in [9.17, 15) is 0 Å². The van der Waals surface area contributed by atoms with Crippen LogP contribution in [0.25, 0.3) is 0 Å². The molecule has 0 saturated heterocycles. The molecule has 0 bridgehead atoms. The third-order valence-electron chi connectivity index (χ3n) is 3.64. The van der Waals surface area contributed by atoms with Crippen molar-refractivity contribution >= 4 is 11.6 Å². The summed E-state index contributed by atoms with van der Waals surface area (Å²) in [6.45, 7) is 3.48. The Bertz CT molecular complexity index is 736. The van der Waals surface area contributed by atoms with Crippen molar-refractivity contribution in [3.05, 3.63) is 40.3 Å². The topological polar surface area (TPSA) is 67.0 Å². The van der Waals surface area contributed by atoms with Crippen molar-refractivity contribution in [1.82, 2.24) is 19.7 Å². The average Bonchev–Trinajstić information content (AvgIpc) is 2.69. The van der Waals surface area contributed by atoms with Gasteiger partial charge in [-0.25, -0.2) is 4.98 Å². The Balaban J connectivity index is 2.00. The molecule has 6 nitrogen and oxygen atoms in total. The summed E-state index contributed by atoms with van der Waals surface area (Å²) in [7, 11) is 1.89. The maximum absolute atomic E-state index is 9.03. The van der Waals surface area contributed by atoms with Crippen molar-refractivity contribution in [2.75, 3.05) is 13.1 Å². The number of nitrogens with zero attached hydrogens (tertiary/aromatic N) is 5. The summed E-state index contributed by atoms with van der Waals surface area (Å²) >= 11 is 5.98. The summed E-state index contributed by atoms with van der Waals surface area (Å²) in [5.41, 5.74) is 2.81. The zero-order valence-corrected chi connectivity index (χ0v) is 13.2. The molecule has 0 N–H and O–H groups in total. The van der Waals surface area contributed by atoms with Gasteiger partial charge in [0.05, 0.1) is 24.0 Å². The number of rotatable bonds is 2. The monoisotopic (exact) mass is 317 g/mol. The normalized spacial score (nSPS) is 18.2. The van der Waals surface area contributed by atoms with E-state index in [4.69, 9.17) is 21.6 Å². The molecule has 114 valence electrons. The molecular weight excluding hydrogens is 302 g/mol. The van der Waals surface area contributed by atoms with Gasteiger partial charge in [0.15, 0.2) is 6.10 Å². The van der Waals surface area contributed by atoms with Gasteiger partial charge in [-0.3, -0.25) is 9.58 Å². The fourth-order valence-corrected chi connectivity index (χ4v) is 2.83. The Morgan fingerprint density at radius 3 is 3.00 bits per heavy atom. The van der Waals surface area contributed by atoms with Gasteiger partial charge in [0.1, 0.15) is 5.15 Å². The lowest BCUT2D eigenvalue weighted by Gasteiger charge is -2.21. The van der Waals surface area contributed by atoms with E-state index in [0.29, 0.717) is 30.7 Å². The van der Waals surface area contributed by atoms with Crippen molar-refractivity contribution in [2.45, 2.75) is 19.6 Å². The molecule has 0 fully saturated rings. The highest BCUT2D eigenvalue weighted by Crippen LogP contribution is 2.30. The van der Waals surface area contributed by atoms with Crippen LogP contribution in [-0.4, -0.2) is 32.8 Å². The van der Waals surface area contributed by atoms with E-state index in [1.165, 1.54) is 0 Å². The van der Waals surface area contributed by atoms with Crippen LogP contribution in [0, 0.1) is 18.3 Å². The second-order valence-corrected chi connectivity index (χ2v) is 5.75. The van der Waals surface area contributed by atoms with Crippen LogP contribution in [0.3, 0.4) is 0 Å². The van der Waals surface area contributed by atoms with E-state index < -0.39 is 0 Å². The highest BCUT2D eigenvalue weighted by atomic mass is 35.5. The number of ether oxygens (including phenoxy) is 1. The van der Waals surface area contributed by atoms with Crippen LogP contribution >= 0.6 is 11.6 Å². The van der Waals surface area contributed by atoms with Crippen LogP contribution in [0.5, 0.6) is 5.88 Å². The fourth-order valence-electron chi connectivity index (χ4n) is 2.69. The SMILES string of the molecule is Cc1cc(C2CN(CC#N)Cc3ccc(Cl)nc3O2)n(C)n1. The van der Waals surface area contributed by atoms with Gasteiger partial charge in [-0.1, -0.05) is 11.6 Å². The number of hydrogen-bond acceptors (Lipinski definition) is 5. The lowest BCUT2D eigenvalue weighted by molar-refractivity contribution is 0.145. The predicted octanol–water partition coefficient (Wildman–Crippen LogP) is 2.24. The van der Waals surface area contributed by atoms with Gasteiger partial charge in [-0.15, -0.1) is 0 Å². The number of nitriles is 1. The lowest BCUT2D eigenvalue weighted by atomic mass is 10.2. The van der Waals surface area contributed by atoms with Crippen LogP contribution in [-0.2, 0) is 13.6 Å². The van der Waals surface area contributed by atoms with Gasteiger partial charge in [-0.2, -0.15) is 10.4 Å². The lowest BCUT2D eigenvalue weighted by Crippen LogP contribution is -2.29. The summed E-state index contributed by atoms with van der Waals surface area (Å²) < 4.78 is 7.89. The van der Waals surface area contributed by atoms with E-state index in [0.717, 1.165) is 17.0 Å². The highest BCUT2D eigenvalue weighted by molar-refractivity contribution is 6.29. The number of aryl methyl sites for hydroxylation is 2. The molecule has 0 spiro atoms. The van der Waals surface area contributed by atoms with Crippen molar-refractivity contribution in [1.29, 1.82) is 5.26 Å². The second-order valence-electron chi connectivity index (χ2n) is 5.37. The van der Waals surface area contributed by atoms with Crippen LogP contribution in [0.15, 0.2) is 18.2 Å². The Hall–Kier alpha value is -2.10. The molecule has 2 aromatic rings. The molecule has 22 heavy (non-hydrogen) atoms. The maximum atomic E-state index is 9.03. The van der Waals surface area contributed by atoms with E-state index in [-0.39, 0.29) is 6.10 Å². The van der Waals surface area contributed by atoms with E-state index in [1.54, 1.807) is 10.7 Å².